The number of hydrazine groups is 1. The van der Waals surface area contributed by atoms with Crippen LogP contribution >= 0.6 is 15.9 Å². The number of halogens is 1. The molecule has 10 heteroatoms. The van der Waals surface area contributed by atoms with Crippen LogP contribution in [0.3, 0.4) is 0 Å². The van der Waals surface area contributed by atoms with Gasteiger partial charge in [-0.1, -0.05) is 34.1 Å². The van der Waals surface area contributed by atoms with Crippen molar-refractivity contribution < 1.29 is 24.0 Å². The maximum Gasteiger partial charge on any atom is 0.282 e. The van der Waals surface area contributed by atoms with E-state index in [0.29, 0.717) is 33.8 Å². The molecule has 178 valence electrons. The van der Waals surface area contributed by atoms with E-state index in [2.05, 4.69) is 21.4 Å². The molecule has 0 radical (unpaired) electrons. The van der Waals surface area contributed by atoms with Gasteiger partial charge in [0.05, 0.1) is 17.2 Å². The summed E-state index contributed by atoms with van der Waals surface area (Å²) in [5, 5.41) is 12.0. The van der Waals surface area contributed by atoms with Gasteiger partial charge in [0.1, 0.15) is 12.2 Å². The van der Waals surface area contributed by atoms with Crippen LogP contribution in [0.5, 0.6) is 11.5 Å². The largest absolute Gasteiger partial charge is 0.490 e. The average molecular weight is 538 g/mol. The third-order valence-corrected chi connectivity index (χ3v) is 5.80. The van der Waals surface area contributed by atoms with E-state index in [1.54, 1.807) is 48.5 Å². The first-order valence-electron chi connectivity index (χ1n) is 10.6. The summed E-state index contributed by atoms with van der Waals surface area (Å²) in [5.74, 6) is -0.116. The van der Waals surface area contributed by atoms with Crippen LogP contribution in [-0.2, 0) is 16.2 Å². The predicted molar refractivity (Wildman–Crippen MR) is 133 cm³/mol. The van der Waals surface area contributed by atoms with Crippen LogP contribution < -0.4 is 19.9 Å². The second kappa shape index (κ2) is 10.4. The lowest BCUT2D eigenvalue weighted by Crippen LogP contribution is -2.35. The second-order valence-corrected chi connectivity index (χ2v) is 8.30. The number of nitrogens with one attached hydrogen (secondary N) is 1. The Kier molecular flexibility index (Phi) is 7.11. The zero-order valence-electron chi connectivity index (χ0n) is 18.6. The van der Waals surface area contributed by atoms with Gasteiger partial charge in [-0.3, -0.25) is 25.1 Å². The fourth-order valence-electron chi connectivity index (χ4n) is 3.39. The molecule has 0 unspecified atom stereocenters. The van der Waals surface area contributed by atoms with Crippen LogP contribution in [0.2, 0.25) is 0 Å². The van der Waals surface area contributed by atoms with Crippen molar-refractivity contribution in [3.63, 3.8) is 0 Å². The Morgan fingerprint density at radius 3 is 2.37 bits per heavy atom. The first-order chi connectivity index (χ1) is 16.9. The van der Waals surface area contributed by atoms with Crippen molar-refractivity contribution >= 4 is 45.2 Å². The molecule has 0 aromatic heterocycles. The number of carbonyl (C=O) groups is 2. The molecule has 0 atom stereocenters. The fourth-order valence-corrected chi connectivity index (χ4v) is 3.83. The van der Waals surface area contributed by atoms with E-state index < -0.39 is 16.7 Å². The molecule has 0 saturated carbocycles. The highest BCUT2D eigenvalue weighted by molar-refractivity contribution is 9.10. The normalized spacial score (nSPS) is 14.2. The Bertz CT molecular complexity index is 1310. The number of nitro groups is 1. The van der Waals surface area contributed by atoms with E-state index in [9.17, 15) is 19.7 Å². The van der Waals surface area contributed by atoms with Gasteiger partial charge in [0, 0.05) is 16.6 Å². The lowest BCUT2D eigenvalue weighted by Gasteiger charge is -2.14. The maximum absolute atomic E-state index is 12.9. The standard InChI is InChI=1S/C25H20BrN3O6/c1-2-34-22-13-17(12-20-24(30)27-28(25(20)31)18-6-4-3-5-7-18)21(26)14-23(22)35-15-16-8-10-19(11-9-16)29(32)33/h3-14H,2,15H2,1H3,(H,27,30)/b20-12-. The summed E-state index contributed by atoms with van der Waals surface area (Å²) >= 11 is 3.48. The number of rotatable bonds is 8. The number of anilines is 1. The number of nitrogens with zero attached hydrogens (tertiary/aromatic N) is 2. The van der Waals surface area contributed by atoms with E-state index >= 15 is 0 Å². The molecule has 2 amide bonds. The van der Waals surface area contributed by atoms with Gasteiger partial charge in [-0.25, -0.2) is 5.01 Å². The van der Waals surface area contributed by atoms with Gasteiger partial charge in [-0.15, -0.1) is 0 Å². The molecular formula is C25H20BrN3O6. The monoisotopic (exact) mass is 537 g/mol. The fraction of sp³-hybridized carbons (Fsp3) is 0.120. The van der Waals surface area contributed by atoms with Gasteiger partial charge in [0.25, 0.3) is 17.5 Å². The Hall–Kier alpha value is -4.18. The summed E-state index contributed by atoms with van der Waals surface area (Å²) in [4.78, 5) is 35.8. The predicted octanol–water partition coefficient (Wildman–Crippen LogP) is 4.80. The Morgan fingerprint density at radius 1 is 1.03 bits per heavy atom. The molecule has 0 bridgehead atoms. The first-order valence-corrected chi connectivity index (χ1v) is 11.4. The molecule has 1 aliphatic heterocycles. The van der Waals surface area contributed by atoms with E-state index in [0.717, 1.165) is 5.56 Å². The molecule has 0 aliphatic carbocycles. The summed E-state index contributed by atoms with van der Waals surface area (Å²) in [6.07, 6.45) is 1.49. The van der Waals surface area contributed by atoms with Gasteiger partial charge in [-0.2, -0.15) is 0 Å². The average Bonchev–Trinajstić information content (AvgIpc) is 3.14. The first kappa shape index (κ1) is 24.0. The molecule has 1 fully saturated rings. The lowest BCUT2D eigenvalue weighted by molar-refractivity contribution is -0.384. The van der Waals surface area contributed by atoms with Crippen molar-refractivity contribution in [2.45, 2.75) is 13.5 Å². The molecular weight excluding hydrogens is 518 g/mol. The summed E-state index contributed by atoms with van der Waals surface area (Å²) in [5.41, 5.74) is 4.42. The Labute approximate surface area is 209 Å². The minimum atomic E-state index is -0.512. The molecule has 35 heavy (non-hydrogen) atoms. The number of amides is 2. The van der Waals surface area contributed by atoms with Crippen molar-refractivity contribution in [2.75, 3.05) is 11.6 Å². The number of nitro benzene ring substituents is 1. The van der Waals surface area contributed by atoms with Gasteiger partial charge >= 0.3 is 0 Å². The van der Waals surface area contributed by atoms with E-state index in [-0.39, 0.29) is 17.9 Å². The number of hydrogen-bond donors (Lipinski definition) is 1. The van der Waals surface area contributed by atoms with Crippen LogP contribution in [0.25, 0.3) is 6.08 Å². The molecule has 3 aromatic rings. The molecule has 1 N–H and O–H groups in total. The highest BCUT2D eigenvalue weighted by atomic mass is 79.9. The summed E-state index contributed by atoms with van der Waals surface area (Å²) in [6.45, 7) is 2.36. The zero-order valence-corrected chi connectivity index (χ0v) is 20.2. The van der Waals surface area contributed by atoms with Crippen molar-refractivity contribution in [2.24, 2.45) is 0 Å². The van der Waals surface area contributed by atoms with E-state index in [4.69, 9.17) is 9.47 Å². The van der Waals surface area contributed by atoms with Gasteiger partial charge in [0.15, 0.2) is 11.5 Å². The van der Waals surface area contributed by atoms with Crippen LogP contribution in [0.15, 0.2) is 76.8 Å². The zero-order chi connectivity index (χ0) is 24.9. The third kappa shape index (κ3) is 5.33. The highest BCUT2D eigenvalue weighted by Gasteiger charge is 2.34. The van der Waals surface area contributed by atoms with Crippen molar-refractivity contribution in [1.82, 2.24) is 5.43 Å². The number of carbonyl (C=O) groups excluding carboxylic acids is 2. The minimum absolute atomic E-state index is 0.000201. The number of para-hydroxylation sites is 1. The molecule has 1 saturated heterocycles. The van der Waals surface area contributed by atoms with E-state index in [1.807, 2.05) is 13.0 Å². The van der Waals surface area contributed by atoms with Crippen molar-refractivity contribution in [1.29, 1.82) is 0 Å². The number of benzene rings is 3. The van der Waals surface area contributed by atoms with Crippen molar-refractivity contribution in [3.8, 4) is 11.5 Å². The summed E-state index contributed by atoms with van der Waals surface area (Å²) < 4.78 is 12.2. The molecule has 0 spiro atoms. The van der Waals surface area contributed by atoms with Crippen LogP contribution in [0, 0.1) is 10.1 Å². The highest BCUT2D eigenvalue weighted by Crippen LogP contribution is 2.36. The minimum Gasteiger partial charge on any atom is -0.490 e. The number of ether oxygens (including phenoxy) is 2. The molecule has 1 heterocycles. The second-order valence-electron chi connectivity index (χ2n) is 7.44. The van der Waals surface area contributed by atoms with Crippen molar-refractivity contribution in [3.05, 3.63) is 98.0 Å². The summed E-state index contributed by atoms with van der Waals surface area (Å²) in [7, 11) is 0. The third-order valence-electron chi connectivity index (χ3n) is 5.11. The number of non-ortho nitro benzene ring substituents is 1. The van der Waals surface area contributed by atoms with Crippen LogP contribution in [0.1, 0.15) is 18.1 Å². The van der Waals surface area contributed by atoms with Gasteiger partial charge in [0.2, 0.25) is 0 Å². The smallest absolute Gasteiger partial charge is 0.282 e. The molecule has 9 nitrogen and oxygen atoms in total. The van der Waals surface area contributed by atoms with Crippen LogP contribution in [0.4, 0.5) is 11.4 Å². The number of hydrogen-bond acceptors (Lipinski definition) is 6. The maximum atomic E-state index is 12.9. The molecule has 1 aliphatic rings. The van der Waals surface area contributed by atoms with Gasteiger partial charge < -0.3 is 9.47 Å². The topological polar surface area (TPSA) is 111 Å². The van der Waals surface area contributed by atoms with E-state index in [1.165, 1.54) is 23.2 Å². The molecule has 3 aromatic carbocycles. The Balaban J connectivity index is 1.58. The van der Waals surface area contributed by atoms with Crippen LogP contribution in [-0.4, -0.2) is 23.3 Å². The summed E-state index contributed by atoms with van der Waals surface area (Å²) in [6, 6.07) is 18.2. The lowest BCUT2D eigenvalue weighted by atomic mass is 10.1. The quantitative estimate of drug-likeness (QED) is 0.191. The van der Waals surface area contributed by atoms with Gasteiger partial charge in [-0.05, 0) is 60.5 Å². The Morgan fingerprint density at radius 2 is 1.71 bits per heavy atom. The molecule has 4 rings (SSSR count). The SMILES string of the molecule is CCOc1cc(/C=C2/C(=O)NN(c3ccccc3)C2=O)c(Br)cc1OCc1ccc([N+](=O)[O-])cc1.